The average molecular weight is 443 g/mol. The molecule has 28 heavy (non-hydrogen) atoms. The zero-order valence-corrected chi connectivity index (χ0v) is 16.2. The number of nitrogens with zero attached hydrogens (tertiary/aromatic N) is 1. The second kappa shape index (κ2) is 10.2. The second-order valence-electron chi connectivity index (χ2n) is 6.01. The Kier molecular flexibility index (Phi) is 8.81. The van der Waals surface area contributed by atoms with Crippen molar-refractivity contribution in [2.24, 2.45) is 0 Å². The van der Waals surface area contributed by atoms with Crippen molar-refractivity contribution in [1.29, 1.82) is 0 Å². The highest BCUT2D eigenvalue weighted by Crippen LogP contribution is 2.36. The van der Waals surface area contributed by atoms with Crippen LogP contribution in [0.25, 0.3) is 0 Å². The summed E-state index contributed by atoms with van der Waals surface area (Å²) in [5.74, 6) is -0.885. The Bertz CT molecular complexity index is 754. The van der Waals surface area contributed by atoms with Crippen LogP contribution in [0.3, 0.4) is 0 Å². The number of nitrogens with one attached hydrogen (secondary N) is 1. The molecule has 0 bridgehead atoms. The lowest BCUT2D eigenvalue weighted by Crippen LogP contribution is -2.45. The number of hydrogen-bond donors (Lipinski definition) is 2. The van der Waals surface area contributed by atoms with Gasteiger partial charge < -0.3 is 15.2 Å². The third kappa shape index (κ3) is 6.13. The fourth-order valence-electron chi connectivity index (χ4n) is 3.12. The van der Waals surface area contributed by atoms with Crippen LogP contribution in [0.1, 0.15) is 17.2 Å². The zero-order chi connectivity index (χ0) is 18.7. The number of phenolic OH excluding ortho intramolecular Hbond substituents is 1. The minimum Gasteiger partial charge on any atom is -0.508 e. The van der Waals surface area contributed by atoms with Crippen molar-refractivity contribution >= 4 is 24.8 Å². The summed E-state index contributed by atoms with van der Waals surface area (Å²) in [6.45, 7) is 2.76. The first-order valence-corrected chi connectivity index (χ1v) is 8.12. The molecule has 0 spiro atoms. The molecule has 0 unspecified atom stereocenters. The molecule has 1 aliphatic heterocycles. The summed E-state index contributed by atoms with van der Waals surface area (Å²) >= 11 is 0. The van der Waals surface area contributed by atoms with E-state index < -0.39 is 18.2 Å². The molecule has 2 aromatic carbocycles. The fraction of sp³-hybridized carbons (Fsp3) is 0.333. The summed E-state index contributed by atoms with van der Waals surface area (Å²) in [6.07, 6.45) is -4.76. The van der Waals surface area contributed by atoms with Crippen LogP contribution in [-0.4, -0.2) is 42.5 Å². The number of rotatable bonds is 4. The van der Waals surface area contributed by atoms with Crippen molar-refractivity contribution in [1.82, 2.24) is 10.2 Å². The Morgan fingerprint density at radius 3 is 2.18 bits per heavy atom. The van der Waals surface area contributed by atoms with Gasteiger partial charge in [-0.25, -0.2) is 4.39 Å². The number of benzene rings is 2. The third-order valence-electron chi connectivity index (χ3n) is 4.23. The van der Waals surface area contributed by atoms with E-state index >= 15 is 0 Å². The van der Waals surface area contributed by atoms with Gasteiger partial charge in [-0.1, -0.05) is 12.1 Å². The lowest BCUT2D eigenvalue weighted by atomic mass is 9.95. The molecule has 156 valence electrons. The van der Waals surface area contributed by atoms with E-state index in [0.717, 1.165) is 19.2 Å². The Morgan fingerprint density at radius 2 is 1.61 bits per heavy atom. The highest BCUT2D eigenvalue weighted by molar-refractivity contribution is 5.85. The summed E-state index contributed by atoms with van der Waals surface area (Å²) in [4.78, 5) is 2.05. The van der Waals surface area contributed by atoms with Gasteiger partial charge in [0.15, 0.2) is 0 Å². The van der Waals surface area contributed by atoms with Gasteiger partial charge in [0.1, 0.15) is 17.3 Å². The maximum Gasteiger partial charge on any atom is 0.573 e. The van der Waals surface area contributed by atoms with E-state index in [9.17, 15) is 22.7 Å². The molecule has 1 atom stereocenters. The SMILES string of the molecule is Cl.Cl.Oc1ccc(F)cc1[C@H](c1ccc(OC(F)(F)F)cc1)N1CCNCC1. The van der Waals surface area contributed by atoms with E-state index in [-0.39, 0.29) is 36.3 Å². The van der Waals surface area contributed by atoms with Crippen molar-refractivity contribution in [3.05, 3.63) is 59.4 Å². The smallest absolute Gasteiger partial charge is 0.508 e. The number of ether oxygens (including phenoxy) is 1. The quantitative estimate of drug-likeness (QED) is 0.694. The molecule has 0 amide bonds. The Hall–Kier alpha value is -1.74. The fourth-order valence-corrected chi connectivity index (χ4v) is 3.12. The van der Waals surface area contributed by atoms with E-state index in [2.05, 4.69) is 10.1 Å². The number of aromatic hydroxyl groups is 1. The first-order valence-electron chi connectivity index (χ1n) is 8.12. The molecule has 3 rings (SSSR count). The molecule has 1 saturated heterocycles. The average Bonchev–Trinajstić information content (AvgIpc) is 2.59. The van der Waals surface area contributed by atoms with Crippen molar-refractivity contribution in [2.75, 3.05) is 26.2 Å². The van der Waals surface area contributed by atoms with Gasteiger partial charge in [-0.3, -0.25) is 4.90 Å². The number of phenols is 1. The van der Waals surface area contributed by atoms with Crippen LogP contribution >= 0.6 is 24.8 Å². The van der Waals surface area contributed by atoms with E-state index in [0.29, 0.717) is 24.2 Å². The molecule has 0 aromatic heterocycles. The summed E-state index contributed by atoms with van der Waals surface area (Å²) in [5.41, 5.74) is 1.01. The molecule has 0 radical (unpaired) electrons. The van der Waals surface area contributed by atoms with Crippen molar-refractivity contribution in [3.63, 3.8) is 0 Å². The molecule has 1 fully saturated rings. The summed E-state index contributed by atoms with van der Waals surface area (Å²) < 4.78 is 54.7. The van der Waals surface area contributed by atoms with Gasteiger partial charge in [-0.15, -0.1) is 38.0 Å². The van der Waals surface area contributed by atoms with Gasteiger partial charge in [0, 0.05) is 31.7 Å². The minimum absolute atomic E-state index is 0. The molecule has 1 heterocycles. The van der Waals surface area contributed by atoms with Crippen LogP contribution < -0.4 is 10.1 Å². The maximum absolute atomic E-state index is 13.8. The topological polar surface area (TPSA) is 44.7 Å². The first-order chi connectivity index (χ1) is 12.3. The molecular formula is C18H20Cl2F4N2O2. The van der Waals surface area contributed by atoms with Crippen LogP contribution in [0.4, 0.5) is 17.6 Å². The van der Waals surface area contributed by atoms with Crippen LogP contribution in [0, 0.1) is 5.82 Å². The lowest BCUT2D eigenvalue weighted by molar-refractivity contribution is -0.274. The number of hydrogen-bond acceptors (Lipinski definition) is 4. The second-order valence-corrected chi connectivity index (χ2v) is 6.01. The van der Waals surface area contributed by atoms with Crippen molar-refractivity contribution in [3.8, 4) is 11.5 Å². The Labute approximate surface area is 172 Å². The monoisotopic (exact) mass is 442 g/mol. The predicted molar refractivity (Wildman–Crippen MR) is 102 cm³/mol. The number of halogens is 6. The van der Waals surface area contributed by atoms with E-state index in [1.165, 1.54) is 36.4 Å². The van der Waals surface area contributed by atoms with Crippen LogP contribution in [-0.2, 0) is 0 Å². The van der Waals surface area contributed by atoms with E-state index in [4.69, 9.17) is 0 Å². The minimum atomic E-state index is -4.76. The van der Waals surface area contributed by atoms with Gasteiger partial charge in [0.25, 0.3) is 0 Å². The standard InChI is InChI=1S/C18H18F4N2O2.2ClH/c19-13-3-6-16(25)15(11-13)17(24-9-7-23-8-10-24)12-1-4-14(5-2-12)26-18(20,21)22;;/h1-6,11,17,23,25H,7-10H2;2*1H/t17-;;/m0../s1. The van der Waals surface area contributed by atoms with Gasteiger partial charge in [0.2, 0.25) is 0 Å². The molecule has 2 N–H and O–H groups in total. The molecule has 0 aliphatic carbocycles. The Morgan fingerprint density at radius 1 is 1.00 bits per heavy atom. The van der Waals surface area contributed by atoms with Gasteiger partial charge in [-0.2, -0.15) is 0 Å². The zero-order valence-electron chi connectivity index (χ0n) is 14.6. The number of alkyl halides is 3. The molecule has 0 saturated carbocycles. The van der Waals surface area contributed by atoms with Gasteiger partial charge in [-0.05, 0) is 35.9 Å². The van der Waals surface area contributed by atoms with Crippen molar-refractivity contribution in [2.45, 2.75) is 12.4 Å². The van der Waals surface area contributed by atoms with Crippen LogP contribution in [0.5, 0.6) is 11.5 Å². The maximum atomic E-state index is 13.8. The lowest BCUT2D eigenvalue weighted by Gasteiger charge is -2.35. The van der Waals surface area contributed by atoms with Crippen LogP contribution in [0.2, 0.25) is 0 Å². The van der Waals surface area contributed by atoms with E-state index in [1.54, 1.807) is 0 Å². The summed E-state index contributed by atoms with van der Waals surface area (Å²) in [6, 6.07) is 8.64. The summed E-state index contributed by atoms with van der Waals surface area (Å²) in [7, 11) is 0. The summed E-state index contributed by atoms with van der Waals surface area (Å²) in [5, 5.41) is 13.4. The van der Waals surface area contributed by atoms with Crippen LogP contribution in [0.15, 0.2) is 42.5 Å². The molecule has 2 aromatic rings. The normalized spacial score (nSPS) is 15.9. The third-order valence-corrected chi connectivity index (χ3v) is 4.23. The largest absolute Gasteiger partial charge is 0.573 e. The highest BCUT2D eigenvalue weighted by atomic mass is 35.5. The van der Waals surface area contributed by atoms with Gasteiger partial charge >= 0.3 is 6.36 Å². The molecule has 10 heteroatoms. The van der Waals surface area contributed by atoms with E-state index in [1.807, 2.05) is 4.90 Å². The Balaban J connectivity index is 0.00000196. The molecule has 4 nitrogen and oxygen atoms in total. The van der Waals surface area contributed by atoms with Crippen molar-refractivity contribution < 1.29 is 27.4 Å². The molecular weight excluding hydrogens is 423 g/mol. The first kappa shape index (κ1) is 24.3. The highest BCUT2D eigenvalue weighted by Gasteiger charge is 2.31. The predicted octanol–water partition coefficient (Wildman–Crippen LogP) is 4.27. The van der Waals surface area contributed by atoms with Gasteiger partial charge in [0.05, 0.1) is 6.04 Å². The number of piperazine rings is 1. The molecule has 1 aliphatic rings.